The van der Waals surface area contributed by atoms with E-state index < -0.39 is 12.6 Å². The fraction of sp³-hybridized carbons (Fsp3) is 0.667. The van der Waals surface area contributed by atoms with Gasteiger partial charge in [0.05, 0.1) is 4.34 Å². The van der Waals surface area contributed by atoms with Gasteiger partial charge in [-0.2, -0.15) is 13.2 Å². The number of hydrogen-bond acceptors (Lipinski definition) is 2. The van der Waals surface area contributed by atoms with Crippen LogP contribution in [-0.4, -0.2) is 12.7 Å². The molecule has 0 saturated carbocycles. The molecule has 0 bridgehead atoms. The van der Waals surface area contributed by atoms with Gasteiger partial charge in [-0.25, -0.2) is 0 Å². The SMILES string of the molecule is FC(F)(F)CCCNC1CCCc2sc(Cl)cc21. The number of thiophene rings is 1. The maximum Gasteiger partial charge on any atom is 0.389 e. The second-order valence-corrected chi connectivity index (χ2v) is 6.31. The van der Waals surface area contributed by atoms with Crippen molar-refractivity contribution in [1.29, 1.82) is 0 Å². The van der Waals surface area contributed by atoms with E-state index in [4.69, 9.17) is 11.6 Å². The highest BCUT2D eigenvalue weighted by atomic mass is 35.5. The first kappa shape index (κ1) is 14.2. The van der Waals surface area contributed by atoms with Crippen molar-refractivity contribution in [2.45, 2.75) is 44.3 Å². The fourth-order valence-electron chi connectivity index (χ4n) is 2.30. The summed E-state index contributed by atoms with van der Waals surface area (Å²) >= 11 is 7.56. The van der Waals surface area contributed by atoms with E-state index in [0.29, 0.717) is 6.54 Å². The topological polar surface area (TPSA) is 12.0 Å². The van der Waals surface area contributed by atoms with E-state index in [0.717, 1.165) is 23.6 Å². The maximum absolute atomic E-state index is 12.0. The van der Waals surface area contributed by atoms with Crippen molar-refractivity contribution in [2.75, 3.05) is 6.54 Å². The molecular weight excluding hydrogens is 283 g/mol. The standard InChI is InChI=1S/C12H15ClF3NS/c13-11-7-8-9(3-1-4-10(8)18-11)17-6-2-5-12(14,15)16/h7,9,17H,1-6H2. The minimum absolute atomic E-state index is 0.132. The molecule has 0 fully saturated rings. The van der Waals surface area contributed by atoms with E-state index in [-0.39, 0.29) is 12.5 Å². The summed E-state index contributed by atoms with van der Waals surface area (Å²) in [6.07, 6.45) is -1.55. The minimum Gasteiger partial charge on any atom is -0.310 e. The molecule has 1 atom stereocenters. The van der Waals surface area contributed by atoms with Gasteiger partial charge in [0.15, 0.2) is 0 Å². The van der Waals surface area contributed by atoms with Crippen LogP contribution in [0.25, 0.3) is 0 Å². The average molecular weight is 298 g/mol. The van der Waals surface area contributed by atoms with Crippen LogP contribution in [0.3, 0.4) is 0 Å². The van der Waals surface area contributed by atoms with Crippen LogP contribution in [0.1, 0.15) is 42.2 Å². The molecule has 6 heteroatoms. The van der Waals surface area contributed by atoms with Gasteiger partial charge >= 0.3 is 6.18 Å². The molecule has 1 aliphatic rings. The number of halogens is 4. The molecule has 0 amide bonds. The largest absolute Gasteiger partial charge is 0.389 e. The lowest BCUT2D eigenvalue weighted by molar-refractivity contribution is -0.135. The molecule has 1 heterocycles. The first-order chi connectivity index (χ1) is 8.46. The summed E-state index contributed by atoms with van der Waals surface area (Å²) in [5, 5.41) is 3.21. The van der Waals surface area contributed by atoms with Crippen LogP contribution in [0.4, 0.5) is 13.2 Å². The van der Waals surface area contributed by atoms with Gasteiger partial charge < -0.3 is 5.32 Å². The fourth-order valence-corrected chi connectivity index (χ4v) is 3.68. The molecule has 0 radical (unpaired) electrons. The lowest BCUT2D eigenvalue weighted by Gasteiger charge is -2.23. The Labute approximate surface area is 113 Å². The van der Waals surface area contributed by atoms with Gasteiger partial charge in [0.25, 0.3) is 0 Å². The molecule has 0 aromatic carbocycles. The van der Waals surface area contributed by atoms with E-state index in [2.05, 4.69) is 5.32 Å². The highest BCUT2D eigenvalue weighted by Crippen LogP contribution is 2.37. The molecule has 102 valence electrons. The van der Waals surface area contributed by atoms with Crippen molar-refractivity contribution >= 4 is 22.9 Å². The third-order valence-electron chi connectivity index (χ3n) is 3.11. The Balaban J connectivity index is 1.84. The Hall–Kier alpha value is -0.260. The first-order valence-corrected chi connectivity index (χ1v) is 7.23. The molecule has 1 aromatic heterocycles. The van der Waals surface area contributed by atoms with Crippen molar-refractivity contribution in [1.82, 2.24) is 5.32 Å². The summed E-state index contributed by atoms with van der Waals surface area (Å²) in [6, 6.07) is 2.12. The van der Waals surface area contributed by atoms with Crippen LogP contribution >= 0.6 is 22.9 Å². The zero-order chi connectivity index (χ0) is 13.2. The Bertz CT molecular complexity index is 403. The van der Waals surface area contributed by atoms with Crippen LogP contribution < -0.4 is 5.32 Å². The van der Waals surface area contributed by atoms with Crippen molar-refractivity contribution in [3.05, 3.63) is 20.8 Å². The third kappa shape index (κ3) is 3.87. The normalized spacial score (nSPS) is 19.9. The van der Waals surface area contributed by atoms with E-state index in [9.17, 15) is 13.2 Å². The molecule has 0 spiro atoms. The average Bonchev–Trinajstić information content (AvgIpc) is 2.64. The van der Waals surface area contributed by atoms with Gasteiger partial charge in [0, 0.05) is 17.3 Å². The summed E-state index contributed by atoms with van der Waals surface area (Å²) in [5.74, 6) is 0. The van der Waals surface area contributed by atoms with Crippen molar-refractivity contribution in [3.63, 3.8) is 0 Å². The Morgan fingerprint density at radius 2 is 2.22 bits per heavy atom. The van der Waals surface area contributed by atoms with Crippen LogP contribution in [-0.2, 0) is 6.42 Å². The summed E-state index contributed by atoms with van der Waals surface area (Å²) < 4.78 is 36.8. The predicted molar refractivity (Wildman–Crippen MR) is 68.3 cm³/mol. The van der Waals surface area contributed by atoms with Gasteiger partial charge in [-0.05, 0) is 43.9 Å². The second-order valence-electron chi connectivity index (χ2n) is 4.55. The molecule has 2 rings (SSSR count). The summed E-state index contributed by atoms with van der Waals surface area (Å²) in [4.78, 5) is 1.28. The summed E-state index contributed by atoms with van der Waals surface area (Å²) in [6.45, 7) is 0.400. The molecule has 1 aliphatic carbocycles. The van der Waals surface area contributed by atoms with Gasteiger partial charge in [-0.1, -0.05) is 11.6 Å². The maximum atomic E-state index is 12.0. The number of aryl methyl sites for hydroxylation is 1. The predicted octanol–water partition coefficient (Wildman–Crippen LogP) is 4.71. The van der Waals surface area contributed by atoms with Gasteiger partial charge in [0.1, 0.15) is 0 Å². The summed E-state index contributed by atoms with van der Waals surface area (Å²) in [7, 11) is 0. The smallest absolute Gasteiger partial charge is 0.310 e. The highest BCUT2D eigenvalue weighted by molar-refractivity contribution is 7.16. The second kappa shape index (κ2) is 5.80. The minimum atomic E-state index is -4.05. The monoisotopic (exact) mass is 297 g/mol. The summed E-state index contributed by atoms with van der Waals surface area (Å²) in [5.41, 5.74) is 1.18. The van der Waals surface area contributed by atoms with Gasteiger partial charge in [0.2, 0.25) is 0 Å². The number of rotatable bonds is 4. The molecule has 1 unspecified atom stereocenters. The van der Waals surface area contributed by atoms with Crippen molar-refractivity contribution < 1.29 is 13.2 Å². The Kier molecular flexibility index (Phi) is 4.56. The van der Waals surface area contributed by atoms with Gasteiger partial charge in [-0.3, -0.25) is 0 Å². The van der Waals surface area contributed by atoms with Crippen LogP contribution in [0.15, 0.2) is 6.07 Å². The van der Waals surface area contributed by atoms with Gasteiger partial charge in [-0.15, -0.1) is 11.3 Å². The Morgan fingerprint density at radius 3 is 2.94 bits per heavy atom. The zero-order valence-corrected chi connectivity index (χ0v) is 11.4. The van der Waals surface area contributed by atoms with E-state index in [1.807, 2.05) is 6.07 Å². The van der Waals surface area contributed by atoms with Crippen LogP contribution in [0.5, 0.6) is 0 Å². The molecule has 1 aromatic rings. The number of nitrogens with one attached hydrogen (secondary N) is 1. The lowest BCUT2D eigenvalue weighted by atomic mass is 9.94. The highest BCUT2D eigenvalue weighted by Gasteiger charge is 2.27. The number of alkyl halides is 3. The molecule has 1 nitrogen and oxygen atoms in total. The molecule has 0 aliphatic heterocycles. The van der Waals surface area contributed by atoms with E-state index in [1.54, 1.807) is 11.3 Å². The molecule has 18 heavy (non-hydrogen) atoms. The van der Waals surface area contributed by atoms with Crippen molar-refractivity contribution in [3.8, 4) is 0 Å². The van der Waals surface area contributed by atoms with E-state index in [1.165, 1.54) is 10.4 Å². The Morgan fingerprint density at radius 1 is 1.44 bits per heavy atom. The zero-order valence-electron chi connectivity index (χ0n) is 9.82. The number of hydrogen-bond donors (Lipinski definition) is 1. The molecular formula is C12H15ClF3NS. The van der Waals surface area contributed by atoms with E-state index >= 15 is 0 Å². The lowest BCUT2D eigenvalue weighted by Crippen LogP contribution is -2.26. The third-order valence-corrected chi connectivity index (χ3v) is 4.45. The molecule has 0 saturated heterocycles. The van der Waals surface area contributed by atoms with Crippen LogP contribution in [0.2, 0.25) is 4.34 Å². The van der Waals surface area contributed by atoms with Crippen molar-refractivity contribution in [2.24, 2.45) is 0 Å². The number of fused-ring (bicyclic) bond motifs is 1. The van der Waals surface area contributed by atoms with Crippen LogP contribution in [0, 0.1) is 0 Å². The quantitative estimate of drug-likeness (QED) is 0.794. The molecule has 1 N–H and O–H groups in total. The first-order valence-electron chi connectivity index (χ1n) is 6.04.